The number of ether oxygens (including phenoxy) is 2. The first-order valence-corrected chi connectivity index (χ1v) is 8.42. The summed E-state index contributed by atoms with van der Waals surface area (Å²) in [6, 6.07) is 12.6. The van der Waals surface area contributed by atoms with Gasteiger partial charge in [-0.2, -0.15) is 0 Å². The van der Waals surface area contributed by atoms with Crippen LogP contribution in [0.15, 0.2) is 42.5 Å². The molecule has 0 unspecified atom stereocenters. The number of rotatable bonds is 6. The van der Waals surface area contributed by atoms with Crippen molar-refractivity contribution in [1.29, 1.82) is 0 Å². The standard InChI is InChI=1S/C20H24N2O4/c1-13(2)26-17-11-6-5-10-16(17)20(24)22-21-18(23)12-25-19-14(3)8-7-9-15(19)4/h5-11,13H,12H2,1-4H3,(H,21,23)(H,22,24). The van der Waals surface area contributed by atoms with E-state index < -0.39 is 11.8 Å². The zero-order valence-electron chi connectivity index (χ0n) is 15.5. The molecule has 0 aromatic heterocycles. The Kier molecular flexibility index (Phi) is 6.60. The van der Waals surface area contributed by atoms with Gasteiger partial charge in [-0.3, -0.25) is 20.4 Å². The minimum atomic E-state index is -0.457. The van der Waals surface area contributed by atoms with E-state index in [1.54, 1.807) is 24.3 Å². The molecule has 0 spiro atoms. The largest absolute Gasteiger partial charge is 0.490 e. The van der Waals surface area contributed by atoms with Crippen LogP contribution in [-0.4, -0.2) is 24.5 Å². The van der Waals surface area contributed by atoms with Crippen molar-refractivity contribution in [2.24, 2.45) is 0 Å². The van der Waals surface area contributed by atoms with E-state index in [0.29, 0.717) is 17.1 Å². The highest BCUT2D eigenvalue weighted by atomic mass is 16.5. The third kappa shape index (κ3) is 5.24. The van der Waals surface area contributed by atoms with Gasteiger partial charge in [-0.1, -0.05) is 30.3 Å². The molecule has 0 aliphatic heterocycles. The maximum Gasteiger partial charge on any atom is 0.276 e. The third-order valence-corrected chi connectivity index (χ3v) is 3.57. The lowest BCUT2D eigenvalue weighted by Gasteiger charge is -2.15. The Bertz CT molecular complexity index is 767. The van der Waals surface area contributed by atoms with Crippen LogP contribution < -0.4 is 20.3 Å². The molecule has 0 aliphatic carbocycles. The maximum atomic E-state index is 12.3. The number of amides is 2. The fourth-order valence-corrected chi connectivity index (χ4v) is 2.41. The summed E-state index contributed by atoms with van der Waals surface area (Å²) in [7, 11) is 0. The van der Waals surface area contributed by atoms with Crippen molar-refractivity contribution in [2.45, 2.75) is 33.8 Å². The molecule has 0 heterocycles. The van der Waals surface area contributed by atoms with Crippen LogP contribution in [0.5, 0.6) is 11.5 Å². The zero-order chi connectivity index (χ0) is 19.1. The summed E-state index contributed by atoms with van der Waals surface area (Å²) in [5.74, 6) is 0.218. The molecule has 2 rings (SSSR count). The Labute approximate surface area is 153 Å². The second kappa shape index (κ2) is 8.89. The maximum absolute atomic E-state index is 12.3. The van der Waals surface area contributed by atoms with Gasteiger partial charge in [0.2, 0.25) is 0 Å². The van der Waals surface area contributed by atoms with Crippen molar-refractivity contribution in [3.05, 3.63) is 59.2 Å². The summed E-state index contributed by atoms with van der Waals surface area (Å²) < 4.78 is 11.2. The Balaban J connectivity index is 1.90. The highest BCUT2D eigenvalue weighted by Gasteiger charge is 2.14. The van der Waals surface area contributed by atoms with Gasteiger partial charge < -0.3 is 9.47 Å². The monoisotopic (exact) mass is 356 g/mol. The van der Waals surface area contributed by atoms with Gasteiger partial charge in [0.05, 0.1) is 11.7 Å². The zero-order valence-corrected chi connectivity index (χ0v) is 15.5. The van der Waals surface area contributed by atoms with Crippen molar-refractivity contribution in [3.8, 4) is 11.5 Å². The normalized spacial score (nSPS) is 10.3. The molecule has 0 aliphatic rings. The summed E-state index contributed by atoms with van der Waals surface area (Å²) in [4.78, 5) is 24.2. The molecule has 6 nitrogen and oxygen atoms in total. The van der Waals surface area contributed by atoms with Crippen LogP contribution >= 0.6 is 0 Å². The van der Waals surface area contributed by atoms with Crippen molar-refractivity contribution in [1.82, 2.24) is 10.9 Å². The minimum absolute atomic E-state index is 0.0655. The lowest BCUT2D eigenvalue weighted by Crippen LogP contribution is -2.44. The van der Waals surface area contributed by atoms with E-state index >= 15 is 0 Å². The molecule has 138 valence electrons. The highest BCUT2D eigenvalue weighted by Crippen LogP contribution is 2.22. The quantitative estimate of drug-likeness (QED) is 0.780. The molecule has 2 amide bonds. The fraction of sp³-hybridized carbons (Fsp3) is 0.300. The molecular formula is C20H24N2O4. The average molecular weight is 356 g/mol. The second-order valence-electron chi connectivity index (χ2n) is 6.17. The van der Waals surface area contributed by atoms with Crippen LogP contribution in [0, 0.1) is 13.8 Å². The first-order chi connectivity index (χ1) is 12.4. The van der Waals surface area contributed by atoms with Gasteiger partial charge >= 0.3 is 0 Å². The molecule has 2 aromatic rings. The summed E-state index contributed by atoms with van der Waals surface area (Å²) in [5.41, 5.74) is 6.97. The van der Waals surface area contributed by atoms with Gasteiger partial charge in [-0.15, -0.1) is 0 Å². The topological polar surface area (TPSA) is 76.7 Å². The van der Waals surface area contributed by atoms with E-state index in [1.165, 1.54) is 0 Å². The van der Waals surface area contributed by atoms with Crippen LogP contribution in [0.25, 0.3) is 0 Å². The number of benzene rings is 2. The predicted octanol–water partition coefficient (Wildman–Crippen LogP) is 2.93. The molecule has 0 bridgehead atoms. The number of nitrogens with one attached hydrogen (secondary N) is 2. The van der Waals surface area contributed by atoms with Gasteiger partial charge in [-0.05, 0) is 51.0 Å². The Morgan fingerprint density at radius 1 is 0.962 bits per heavy atom. The molecule has 0 saturated carbocycles. The Morgan fingerprint density at radius 3 is 2.27 bits per heavy atom. The Hall–Kier alpha value is -3.02. The molecule has 2 aromatic carbocycles. The fourth-order valence-electron chi connectivity index (χ4n) is 2.41. The Morgan fingerprint density at radius 2 is 1.62 bits per heavy atom. The minimum Gasteiger partial charge on any atom is -0.490 e. The number of aryl methyl sites for hydroxylation is 2. The van der Waals surface area contributed by atoms with Gasteiger partial charge in [0, 0.05) is 0 Å². The molecule has 0 saturated heterocycles. The number of hydrazine groups is 1. The molecule has 26 heavy (non-hydrogen) atoms. The van der Waals surface area contributed by atoms with Crippen LogP contribution in [0.3, 0.4) is 0 Å². The van der Waals surface area contributed by atoms with Gasteiger partial charge in [0.25, 0.3) is 11.8 Å². The van der Waals surface area contributed by atoms with Gasteiger partial charge in [0.1, 0.15) is 11.5 Å². The van der Waals surface area contributed by atoms with Crippen molar-refractivity contribution in [3.63, 3.8) is 0 Å². The number of carbonyl (C=O) groups is 2. The number of hydrogen-bond acceptors (Lipinski definition) is 4. The molecule has 0 fully saturated rings. The molecule has 0 atom stereocenters. The van der Waals surface area contributed by atoms with E-state index in [1.807, 2.05) is 45.9 Å². The average Bonchev–Trinajstić information content (AvgIpc) is 2.59. The molecule has 2 N–H and O–H groups in total. The molecule has 0 radical (unpaired) electrons. The second-order valence-corrected chi connectivity index (χ2v) is 6.17. The van der Waals surface area contributed by atoms with E-state index in [4.69, 9.17) is 9.47 Å². The first kappa shape index (κ1) is 19.3. The summed E-state index contributed by atoms with van der Waals surface area (Å²) in [6.07, 6.45) is -0.0655. The van der Waals surface area contributed by atoms with Gasteiger partial charge in [0.15, 0.2) is 6.61 Å². The number of carbonyl (C=O) groups excluding carboxylic acids is 2. The van der Waals surface area contributed by atoms with Crippen LogP contribution in [0.1, 0.15) is 35.3 Å². The van der Waals surface area contributed by atoms with Crippen LogP contribution in [0.4, 0.5) is 0 Å². The lowest BCUT2D eigenvalue weighted by molar-refractivity contribution is -0.123. The summed E-state index contributed by atoms with van der Waals surface area (Å²) in [5, 5.41) is 0. The van der Waals surface area contributed by atoms with Crippen molar-refractivity contribution >= 4 is 11.8 Å². The summed E-state index contributed by atoms with van der Waals surface area (Å²) in [6.45, 7) is 7.38. The molecule has 6 heteroatoms. The van der Waals surface area contributed by atoms with Gasteiger partial charge in [-0.25, -0.2) is 0 Å². The summed E-state index contributed by atoms with van der Waals surface area (Å²) >= 11 is 0. The third-order valence-electron chi connectivity index (χ3n) is 3.57. The van der Waals surface area contributed by atoms with Crippen LogP contribution in [0.2, 0.25) is 0 Å². The SMILES string of the molecule is Cc1cccc(C)c1OCC(=O)NNC(=O)c1ccccc1OC(C)C. The van der Waals surface area contributed by atoms with Crippen LogP contribution in [-0.2, 0) is 4.79 Å². The number of hydrogen-bond donors (Lipinski definition) is 2. The van der Waals surface area contributed by atoms with Crippen molar-refractivity contribution < 1.29 is 19.1 Å². The number of para-hydroxylation sites is 2. The lowest BCUT2D eigenvalue weighted by atomic mass is 10.1. The molecular weight excluding hydrogens is 332 g/mol. The predicted molar refractivity (Wildman–Crippen MR) is 99.2 cm³/mol. The van der Waals surface area contributed by atoms with E-state index in [9.17, 15) is 9.59 Å². The smallest absolute Gasteiger partial charge is 0.276 e. The highest BCUT2D eigenvalue weighted by molar-refractivity contribution is 5.97. The van der Waals surface area contributed by atoms with E-state index in [0.717, 1.165) is 11.1 Å². The first-order valence-electron chi connectivity index (χ1n) is 8.42. The van der Waals surface area contributed by atoms with E-state index in [-0.39, 0.29) is 12.7 Å². The van der Waals surface area contributed by atoms with E-state index in [2.05, 4.69) is 10.9 Å². The van der Waals surface area contributed by atoms with Crippen molar-refractivity contribution in [2.75, 3.05) is 6.61 Å².